The van der Waals surface area contributed by atoms with Crippen LogP contribution in [0.2, 0.25) is 5.02 Å². The Bertz CT molecular complexity index is 447. The summed E-state index contributed by atoms with van der Waals surface area (Å²) >= 11 is 6.26. The van der Waals surface area contributed by atoms with Gasteiger partial charge in [-0.15, -0.1) is 0 Å². The predicted octanol–water partition coefficient (Wildman–Crippen LogP) is 2.75. The van der Waals surface area contributed by atoms with E-state index in [-0.39, 0.29) is 6.10 Å². The first-order valence-corrected chi connectivity index (χ1v) is 7.38. The SMILES string of the molecule is COc1cc(CNC2CC2)cc(Cl)c1OCCC(C)O. The first-order valence-electron chi connectivity index (χ1n) is 7.00. The third-order valence-electron chi connectivity index (χ3n) is 3.24. The Kier molecular flexibility index (Phi) is 5.52. The van der Waals surface area contributed by atoms with Gasteiger partial charge in [0.05, 0.1) is 24.8 Å². The van der Waals surface area contributed by atoms with E-state index < -0.39 is 0 Å². The number of hydrogen-bond acceptors (Lipinski definition) is 4. The standard InChI is InChI=1S/C15H22ClNO3/c1-10(18)5-6-20-15-13(16)7-11(8-14(15)19-2)9-17-12-3-4-12/h7-8,10,12,17-18H,3-6,9H2,1-2H3. The van der Waals surface area contributed by atoms with Crippen LogP contribution in [-0.2, 0) is 6.54 Å². The van der Waals surface area contributed by atoms with E-state index in [2.05, 4.69) is 5.32 Å². The lowest BCUT2D eigenvalue weighted by molar-refractivity contribution is 0.154. The summed E-state index contributed by atoms with van der Waals surface area (Å²) in [5, 5.41) is 13.2. The van der Waals surface area contributed by atoms with Gasteiger partial charge in [0.2, 0.25) is 0 Å². The number of halogens is 1. The molecule has 5 heteroatoms. The maximum Gasteiger partial charge on any atom is 0.179 e. The molecule has 1 aliphatic rings. The summed E-state index contributed by atoms with van der Waals surface area (Å²) in [7, 11) is 1.60. The maximum atomic E-state index is 9.25. The zero-order valence-corrected chi connectivity index (χ0v) is 12.7. The van der Waals surface area contributed by atoms with Crippen molar-refractivity contribution >= 4 is 11.6 Å². The van der Waals surface area contributed by atoms with E-state index in [9.17, 15) is 5.11 Å². The molecular formula is C15H22ClNO3. The molecule has 0 spiro atoms. The molecule has 1 atom stereocenters. The molecule has 0 aliphatic heterocycles. The molecule has 2 rings (SSSR count). The van der Waals surface area contributed by atoms with Crippen LogP contribution in [0.25, 0.3) is 0 Å². The van der Waals surface area contributed by atoms with Gasteiger partial charge in [0.15, 0.2) is 11.5 Å². The Morgan fingerprint density at radius 3 is 2.80 bits per heavy atom. The fraction of sp³-hybridized carbons (Fsp3) is 0.600. The van der Waals surface area contributed by atoms with Crippen LogP contribution < -0.4 is 14.8 Å². The van der Waals surface area contributed by atoms with E-state index in [0.717, 1.165) is 12.1 Å². The van der Waals surface area contributed by atoms with Crippen molar-refractivity contribution in [2.75, 3.05) is 13.7 Å². The molecule has 1 fully saturated rings. The lowest BCUT2D eigenvalue weighted by atomic mass is 10.2. The van der Waals surface area contributed by atoms with Gasteiger partial charge < -0.3 is 19.9 Å². The van der Waals surface area contributed by atoms with Crippen LogP contribution in [-0.4, -0.2) is 31.0 Å². The van der Waals surface area contributed by atoms with E-state index in [1.807, 2.05) is 12.1 Å². The molecule has 112 valence electrons. The molecule has 0 bridgehead atoms. The van der Waals surface area contributed by atoms with Gasteiger partial charge in [-0.05, 0) is 37.5 Å². The van der Waals surface area contributed by atoms with Crippen molar-refractivity contribution in [1.29, 1.82) is 0 Å². The summed E-state index contributed by atoms with van der Waals surface area (Å²) in [5.74, 6) is 1.18. The molecule has 1 aromatic rings. The highest BCUT2D eigenvalue weighted by Gasteiger charge is 2.20. The van der Waals surface area contributed by atoms with Crippen LogP contribution in [0.3, 0.4) is 0 Å². The number of rotatable bonds is 8. The first-order chi connectivity index (χ1) is 9.60. The second-order valence-electron chi connectivity index (χ2n) is 5.25. The molecule has 0 radical (unpaired) electrons. The van der Waals surface area contributed by atoms with Crippen LogP contribution in [0.15, 0.2) is 12.1 Å². The van der Waals surface area contributed by atoms with Crippen molar-refractivity contribution in [1.82, 2.24) is 5.32 Å². The van der Waals surface area contributed by atoms with Crippen LogP contribution in [0.5, 0.6) is 11.5 Å². The van der Waals surface area contributed by atoms with Crippen molar-refractivity contribution in [3.05, 3.63) is 22.7 Å². The maximum absolute atomic E-state index is 9.25. The minimum atomic E-state index is -0.387. The molecule has 1 aromatic carbocycles. The summed E-state index contributed by atoms with van der Waals surface area (Å²) in [6.45, 7) is 2.93. The predicted molar refractivity (Wildman–Crippen MR) is 79.7 cm³/mol. The van der Waals surface area contributed by atoms with Gasteiger partial charge in [0.1, 0.15) is 0 Å². The number of methoxy groups -OCH3 is 1. The van der Waals surface area contributed by atoms with Crippen LogP contribution in [0.1, 0.15) is 31.7 Å². The zero-order chi connectivity index (χ0) is 14.5. The van der Waals surface area contributed by atoms with Gasteiger partial charge in [-0.3, -0.25) is 0 Å². The lowest BCUT2D eigenvalue weighted by Gasteiger charge is -2.15. The lowest BCUT2D eigenvalue weighted by Crippen LogP contribution is -2.15. The van der Waals surface area contributed by atoms with Gasteiger partial charge >= 0.3 is 0 Å². The first kappa shape index (κ1) is 15.4. The normalized spacial score (nSPS) is 16.0. The Morgan fingerprint density at radius 1 is 1.45 bits per heavy atom. The number of benzene rings is 1. The van der Waals surface area contributed by atoms with E-state index in [1.165, 1.54) is 12.8 Å². The Labute approximate surface area is 125 Å². The smallest absolute Gasteiger partial charge is 0.179 e. The van der Waals surface area contributed by atoms with E-state index in [1.54, 1.807) is 14.0 Å². The summed E-state index contributed by atoms with van der Waals surface area (Å²) < 4.78 is 11.0. The Balaban J connectivity index is 2.01. The third kappa shape index (κ3) is 4.54. The van der Waals surface area contributed by atoms with Crippen molar-refractivity contribution in [3.8, 4) is 11.5 Å². The second-order valence-corrected chi connectivity index (χ2v) is 5.66. The zero-order valence-electron chi connectivity index (χ0n) is 12.0. The molecule has 4 nitrogen and oxygen atoms in total. The fourth-order valence-corrected chi connectivity index (χ4v) is 2.18. The molecule has 0 saturated heterocycles. The topological polar surface area (TPSA) is 50.7 Å². The average Bonchev–Trinajstić information content (AvgIpc) is 3.22. The summed E-state index contributed by atoms with van der Waals surface area (Å²) in [4.78, 5) is 0. The third-order valence-corrected chi connectivity index (χ3v) is 3.52. The number of aliphatic hydroxyl groups excluding tert-OH is 1. The summed E-state index contributed by atoms with van der Waals surface area (Å²) in [6, 6.07) is 4.50. The monoisotopic (exact) mass is 299 g/mol. The largest absolute Gasteiger partial charge is 0.493 e. The average molecular weight is 300 g/mol. The molecule has 20 heavy (non-hydrogen) atoms. The van der Waals surface area contributed by atoms with Crippen molar-refractivity contribution < 1.29 is 14.6 Å². The van der Waals surface area contributed by atoms with Gasteiger partial charge in [0.25, 0.3) is 0 Å². The van der Waals surface area contributed by atoms with Crippen LogP contribution in [0.4, 0.5) is 0 Å². The quantitative estimate of drug-likeness (QED) is 0.775. The molecule has 1 unspecified atom stereocenters. The molecule has 1 aliphatic carbocycles. The minimum absolute atomic E-state index is 0.387. The highest BCUT2D eigenvalue weighted by molar-refractivity contribution is 6.32. The van der Waals surface area contributed by atoms with E-state index >= 15 is 0 Å². The molecule has 0 amide bonds. The highest BCUT2D eigenvalue weighted by atomic mass is 35.5. The Morgan fingerprint density at radius 2 is 2.20 bits per heavy atom. The summed E-state index contributed by atoms with van der Waals surface area (Å²) in [6.07, 6.45) is 2.68. The van der Waals surface area contributed by atoms with Crippen molar-refractivity contribution in [2.45, 2.75) is 44.9 Å². The molecule has 0 heterocycles. The second kappa shape index (κ2) is 7.16. The van der Waals surface area contributed by atoms with Gasteiger partial charge in [-0.25, -0.2) is 0 Å². The highest BCUT2D eigenvalue weighted by Crippen LogP contribution is 2.36. The van der Waals surface area contributed by atoms with Crippen LogP contribution in [0, 0.1) is 0 Å². The number of hydrogen-bond donors (Lipinski definition) is 2. The molecule has 2 N–H and O–H groups in total. The fourth-order valence-electron chi connectivity index (χ4n) is 1.90. The number of nitrogens with one attached hydrogen (secondary N) is 1. The molecular weight excluding hydrogens is 278 g/mol. The van der Waals surface area contributed by atoms with Gasteiger partial charge in [0, 0.05) is 19.0 Å². The van der Waals surface area contributed by atoms with Crippen molar-refractivity contribution in [3.63, 3.8) is 0 Å². The van der Waals surface area contributed by atoms with Crippen LogP contribution >= 0.6 is 11.6 Å². The number of ether oxygens (including phenoxy) is 2. The van der Waals surface area contributed by atoms with E-state index in [0.29, 0.717) is 35.6 Å². The van der Waals surface area contributed by atoms with E-state index in [4.69, 9.17) is 21.1 Å². The molecule has 0 aromatic heterocycles. The minimum Gasteiger partial charge on any atom is -0.493 e. The summed E-state index contributed by atoms with van der Waals surface area (Å²) in [5.41, 5.74) is 1.08. The van der Waals surface area contributed by atoms with Gasteiger partial charge in [-0.1, -0.05) is 11.6 Å². The number of aliphatic hydroxyl groups is 1. The van der Waals surface area contributed by atoms with Crippen molar-refractivity contribution in [2.24, 2.45) is 0 Å². The molecule has 1 saturated carbocycles. The van der Waals surface area contributed by atoms with Gasteiger partial charge in [-0.2, -0.15) is 0 Å². The Hall–Kier alpha value is -0.970.